The van der Waals surface area contributed by atoms with E-state index in [0.29, 0.717) is 23.1 Å². The summed E-state index contributed by atoms with van der Waals surface area (Å²) in [7, 11) is 0. The Morgan fingerprint density at radius 3 is 2.47 bits per heavy atom. The van der Waals surface area contributed by atoms with Crippen molar-refractivity contribution in [1.82, 2.24) is 0 Å². The molecule has 0 bridgehead atoms. The van der Waals surface area contributed by atoms with Gasteiger partial charge in [-0.15, -0.1) is 0 Å². The zero-order valence-corrected chi connectivity index (χ0v) is 20.1. The van der Waals surface area contributed by atoms with Gasteiger partial charge in [0.2, 0.25) is 0 Å². The van der Waals surface area contributed by atoms with Crippen LogP contribution in [0, 0.1) is 5.92 Å². The molecule has 1 unspecified atom stereocenters. The fourth-order valence-electron chi connectivity index (χ4n) is 5.15. The molecule has 3 aliphatic rings. The molecule has 36 heavy (non-hydrogen) atoms. The van der Waals surface area contributed by atoms with Crippen molar-refractivity contribution >= 4 is 33.9 Å². The number of aliphatic hydroxyl groups excluding tert-OH is 1. The molecule has 4 nitrogen and oxygen atoms in total. The first kappa shape index (κ1) is 23.3. The lowest BCUT2D eigenvalue weighted by molar-refractivity contribution is -0.122. The van der Waals surface area contributed by atoms with Gasteiger partial charge in [0.05, 0.1) is 11.1 Å². The van der Waals surface area contributed by atoms with E-state index < -0.39 is 0 Å². The number of rotatable bonds is 5. The molecule has 1 atom stereocenters. The summed E-state index contributed by atoms with van der Waals surface area (Å²) in [4.78, 5) is 39.3. The minimum absolute atomic E-state index is 0.0626. The fourth-order valence-corrected chi connectivity index (χ4v) is 5.15. The standard InChI is InChI=1S/C32H24O4/c1-3-10-21-27-19(2)11-7-16-22(27)30(34)25(29(21)33)14-5-4-6-15-26-31(35)23-17-8-12-20-13-9-18-24(28(20)23)32(26)36/h4-6,8-9,12-18,21,35H,3,10H2,1-2H3/b5-4+,15-6?,25-14-. The summed E-state index contributed by atoms with van der Waals surface area (Å²) in [6.07, 6.45) is 11.0. The average molecular weight is 473 g/mol. The molecule has 0 heterocycles. The van der Waals surface area contributed by atoms with Crippen molar-refractivity contribution in [2.24, 2.45) is 5.92 Å². The Labute approximate surface area is 209 Å². The average Bonchev–Trinajstić information content (AvgIpc) is 2.88. The molecule has 0 radical (unpaired) electrons. The molecule has 2 aromatic rings. The summed E-state index contributed by atoms with van der Waals surface area (Å²) in [5.74, 6) is -1.17. The van der Waals surface area contributed by atoms with Crippen LogP contribution in [-0.4, -0.2) is 22.5 Å². The van der Waals surface area contributed by atoms with E-state index in [0.717, 1.165) is 28.3 Å². The molecule has 0 saturated heterocycles. The van der Waals surface area contributed by atoms with Crippen molar-refractivity contribution in [3.63, 3.8) is 0 Å². The molecule has 0 amide bonds. The molecule has 0 spiro atoms. The molecule has 0 aromatic heterocycles. The van der Waals surface area contributed by atoms with Crippen LogP contribution in [0.25, 0.3) is 16.5 Å². The number of benzene rings is 2. The minimum atomic E-state index is -0.367. The van der Waals surface area contributed by atoms with Crippen LogP contribution in [-0.2, 0) is 9.59 Å². The van der Waals surface area contributed by atoms with Crippen molar-refractivity contribution in [3.05, 3.63) is 123 Å². The zero-order valence-electron chi connectivity index (χ0n) is 20.1. The predicted molar refractivity (Wildman–Crippen MR) is 140 cm³/mol. The number of hydrogen-bond donors (Lipinski definition) is 1. The lowest BCUT2D eigenvalue weighted by atomic mass is 9.73. The third-order valence-corrected chi connectivity index (χ3v) is 6.82. The Kier molecular flexibility index (Phi) is 6.00. The van der Waals surface area contributed by atoms with Crippen molar-refractivity contribution < 1.29 is 19.5 Å². The molecule has 3 aliphatic carbocycles. The summed E-state index contributed by atoms with van der Waals surface area (Å²) in [5.41, 5.74) is 9.44. The number of allylic oxidation sites excluding steroid dienone is 11. The van der Waals surface area contributed by atoms with Crippen molar-refractivity contribution in [2.45, 2.75) is 26.7 Å². The normalized spacial score (nSPS) is 20.5. The highest BCUT2D eigenvalue weighted by atomic mass is 16.3. The summed E-state index contributed by atoms with van der Waals surface area (Å²) in [5, 5.41) is 12.5. The molecule has 1 N–H and O–H groups in total. The van der Waals surface area contributed by atoms with E-state index >= 15 is 0 Å². The zero-order chi connectivity index (χ0) is 25.4. The van der Waals surface area contributed by atoms with E-state index in [9.17, 15) is 19.5 Å². The number of carbonyl (C=O) groups excluding carboxylic acids is 3. The number of Topliss-reactive ketones (excluding diaryl/α,β-unsaturated/α-hetero) is 3. The summed E-state index contributed by atoms with van der Waals surface area (Å²) in [6.45, 7) is 3.87. The molecule has 0 aliphatic heterocycles. The van der Waals surface area contributed by atoms with Gasteiger partial charge in [-0.05, 0) is 36.5 Å². The van der Waals surface area contributed by atoms with Gasteiger partial charge in [0.1, 0.15) is 5.76 Å². The van der Waals surface area contributed by atoms with Gasteiger partial charge < -0.3 is 5.11 Å². The van der Waals surface area contributed by atoms with Crippen LogP contribution < -0.4 is 0 Å². The molecule has 176 valence electrons. The van der Waals surface area contributed by atoms with Gasteiger partial charge in [0.25, 0.3) is 0 Å². The number of aliphatic hydroxyl groups is 1. The van der Waals surface area contributed by atoms with Gasteiger partial charge in [-0.3, -0.25) is 14.4 Å². The topological polar surface area (TPSA) is 71.4 Å². The van der Waals surface area contributed by atoms with Crippen LogP contribution in [0.2, 0.25) is 0 Å². The molecular formula is C32H24O4. The minimum Gasteiger partial charge on any atom is -0.507 e. The molecule has 2 aromatic carbocycles. The molecule has 0 saturated carbocycles. The van der Waals surface area contributed by atoms with Crippen molar-refractivity contribution in [1.29, 1.82) is 0 Å². The van der Waals surface area contributed by atoms with E-state index in [2.05, 4.69) is 11.5 Å². The van der Waals surface area contributed by atoms with Gasteiger partial charge >= 0.3 is 0 Å². The molecule has 4 heteroatoms. The Balaban J connectivity index is 1.43. The molecule has 5 rings (SSSR count). The highest BCUT2D eigenvalue weighted by Crippen LogP contribution is 2.38. The Morgan fingerprint density at radius 1 is 0.972 bits per heavy atom. The van der Waals surface area contributed by atoms with Gasteiger partial charge in [0.15, 0.2) is 17.3 Å². The lowest BCUT2D eigenvalue weighted by Crippen LogP contribution is -2.31. The van der Waals surface area contributed by atoms with E-state index in [1.807, 2.05) is 38.1 Å². The van der Waals surface area contributed by atoms with Crippen molar-refractivity contribution in [2.75, 3.05) is 0 Å². The maximum Gasteiger partial charge on any atom is 0.197 e. The summed E-state index contributed by atoms with van der Waals surface area (Å²) in [6, 6.07) is 11.1. The van der Waals surface area contributed by atoms with Gasteiger partial charge in [0, 0.05) is 39.7 Å². The number of ketones is 3. The second kappa shape index (κ2) is 9.28. The van der Waals surface area contributed by atoms with Crippen LogP contribution in [0.1, 0.15) is 42.6 Å². The second-order valence-corrected chi connectivity index (χ2v) is 9.03. The number of carbonyl (C=O) groups is 3. The number of hydrogen-bond acceptors (Lipinski definition) is 4. The van der Waals surface area contributed by atoms with E-state index in [-0.39, 0.29) is 40.2 Å². The van der Waals surface area contributed by atoms with E-state index in [4.69, 9.17) is 0 Å². The summed E-state index contributed by atoms with van der Waals surface area (Å²) < 4.78 is 0. The van der Waals surface area contributed by atoms with Crippen LogP contribution in [0.5, 0.6) is 0 Å². The third-order valence-electron chi connectivity index (χ3n) is 6.82. The maximum atomic E-state index is 13.2. The molecular weight excluding hydrogens is 448 g/mol. The summed E-state index contributed by atoms with van der Waals surface area (Å²) >= 11 is 0. The van der Waals surface area contributed by atoms with Crippen LogP contribution in [0.3, 0.4) is 0 Å². The van der Waals surface area contributed by atoms with Gasteiger partial charge in [-0.25, -0.2) is 0 Å². The maximum absolute atomic E-state index is 13.2. The highest BCUT2D eigenvalue weighted by Gasteiger charge is 2.38. The second-order valence-electron chi connectivity index (χ2n) is 9.03. The smallest absolute Gasteiger partial charge is 0.197 e. The van der Waals surface area contributed by atoms with Crippen LogP contribution in [0.15, 0.2) is 112 Å². The molecule has 0 fully saturated rings. The monoisotopic (exact) mass is 472 g/mol. The first-order chi connectivity index (χ1) is 17.4. The Morgan fingerprint density at radius 2 is 1.72 bits per heavy atom. The highest BCUT2D eigenvalue weighted by molar-refractivity contribution is 6.31. The fraction of sp³-hybridized carbons (Fsp3) is 0.156. The van der Waals surface area contributed by atoms with E-state index in [1.165, 1.54) is 6.08 Å². The van der Waals surface area contributed by atoms with Crippen LogP contribution >= 0.6 is 0 Å². The predicted octanol–water partition coefficient (Wildman–Crippen LogP) is 6.48. The Hall–Kier alpha value is -4.49. The van der Waals surface area contributed by atoms with Crippen molar-refractivity contribution in [3.8, 4) is 0 Å². The van der Waals surface area contributed by atoms with E-state index in [1.54, 1.807) is 42.5 Å². The lowest BCUT2D eigenvalue weighted by Gasteiger charge is -2.27. The largest absolute Gasteiger partial charge is 0.507 e. The first-order valence-corrected chi connectivity index (χ1v) is 12.0. The van der Waals surface area contributed by atoms with Gasteiger partial charge in [-0.2, -0.15) is 0 Å². The first-order valence-electron chi connectivity index (χ1n) is 12.0. The van der Waals surface area contributed by atoms with Crippen LogP contribution in [0.4, 0.5) is 0 Å². The SMILES string of the molecule is CCCC1C(=O)/C(=C/C=C/C=CC2=C(O)c3cccc4cccc(c34)C2=O)C(=O)C2=C1C(C)=C=C=C2. The quantitative estimate of drug-likeness (QED) is 0.234. The van der Waals surface area contributed by atoms with Gasteiger partial charge in [-0.1, -0.05) is 79.4 Å². The Bertz CT molecular complexity index is 1620. The third kappa shape index (κ3) is 3.70.